The molecular weight excluding hydrogens is 735 g/mol. The number of fused-ring (bicyclic) bond motifs is 8. The Kier molecular flexibility index (Phi) is 13.2. The SMILES string of the molecule is CC(=O)OC1CC(O)CCC2(C(C)O)C#CC3CC4C#CCC(Cc5cccc(c5)CCNC(N)=NC2)NCC2(C4)CC(CCN2)Oc2cc(c(CO)cc2O)CC31. The van der Waals surface area contributed by atoms with E-state index in [1.807, 2.05) is 6.07 Å². The van der Waals surface area contributed by atoms with Crippen LogP contribution >= 0.6 is 0 Å². The van der Waals surface area contributed by atoms with Crippen LogP contribution < -0.4 is 26.4 Å². The van der Waals surface area contributed by atoms with Gasteiger partial charge in [-0.2, -0.15) is 0 Å². The van der Waals surface area contributed by atoms with Gasteiger partial charge in [-0.25, -0.2) is 0 Å². The normalized spacial score (nSPS) is 33.3. The highest BCUT2D eigenvalue weighted by Crippen LogP contribution is 2.42. The number of aromatic hydroxyl groups is 1. The number of nitrogens with zero attached hydrogens (tertiary/aromatic N) is 1. The van der Waals surface area contributed by atoms with Crippen molar-refractivity contribution < 1.29 is 34.7 Å². The van der Waals surface area contributed by atoms with Crippen LogP contribution in [-0.4, -0.2) is 94.5 Å². The molecule has 4 aliphatic heterocycles. The van der Waals surface area contributed by atoms with Gasteiger partial charge < -0.3 is 51.6 Å². The Balaban J connectivity index is 1.44. The minimum absolute atomic E-state index is 0.0488. The largest absolute Gasteiger partial charge is 0.504 e. The number of hydrogen-bond acceptors (Lipinski definition) is 12. The molecule has 1 saturated heterocycles. The van der Waals surface area contributed by atoms with Gasteiger partial charge in [0, 0.05) is 68.6 Å². The molecule has 312 valence electrons. The summed E-state index contributed by atoms with van der Waals surface area (Å²) in [7, 11) is 0. The number of esters is 1. The fourth-order valence-corrected chi connectivity index (χ4v) is 9.83. The summed E-state index contributed by atoms with van der Waals surface area (Å²) in [5.41, 5.74) is 8.68. The number of aliphatic imine (C=N–C) groups is 1. The number of phenolic OH excluding ortho intramolecular Hbond substituents is 1. The molecule has 12 nitrogen and oxygen atoms in total. The molecule has 10 unspecified atom stereocenters. The molecule has 58 heavy (non-hydrogen) atoms. The molecule has 0 amide bonds. The summed E-state index contributed by atoms with van der Waals surface area (Å²) >= 11 is 0. The lowest BCUT2D eigenvalue weighted by molar-refractivity contribution is -0.152. The van der Waals surface area contributed by atoms with E-state index in [0.29, 0.717) is 69.5 Å². The number of aliphatic hydroxyl groups excluding tert-OH is 3. The quantitative estimate of drug-likeness (QED) is 0.169. The van der Waals surface area contributed by atoms with Crippen LogP contribution in [-0.2, 0) is 35.4 Å². The van der Waals surface area contributed by atoms with E-state index < -0.39 is 47.1 Å². The zero-order valence-electron chi connectivity index (χ0n) is 33.9. The maximum absolute atomic E-state index is 12.9. The van der Waals surface area contributed by atoms with Crippen molar-refractivity contribution in [2.24, 2.45) is 33.9 Å². The van der Waals surface area contributed by atoms with Gasteiger partial charge in [0.25, 0.3) is 0 Å². The van der Waals surface area contributed by atoms with Crippen LogP contribution in [0.4, 0.5) is 0 Å². The van der Waals surface area contributed by atoms with E-state index in [4.69, 9.17) is 20.2 Å². The number of nitrogens with one attached hydrogen (secondary N) is 3. The smallest absolute Gasteiger partial charge is 0.302 e. The van der Waals surface area contributed by atoms with Crippen molar-refractivity contribution in [1.82, 2.24) is 16.0 Å². The number of nitrogens with two attached hydrogens (primary N) is 1. The Hall–Kier alpha value is -4.30. The molecule has 4 heterocycles. The first kappa shape index (κ1) is 41.8. The molecule has 10 bridgehead atoms. The monoisotopic (exact) mass is 795 g/mol. The molecule has 12 heteroatoms. The van der Waals surface area contributed by atoms with E-state index >= 15 is 0 Å². The second-order valence-corrected chi connectivity index (χ2v) is 17.5. The van der Waals surface area contributed by atoms with Crippen LogP contribution in [0.25, 0.3) is 0 Å². The van der Waals surface area contributed by atoms with Crippen molar-refractivity contribution in [3.05, 3.63) is 58.7 Å². The van der Waals surface area contributed by atoms with Crippen LogP contribution in [0.3, 0.4) is 0 Å². The lowest BCUT2D eigenvalue weighted by Gasteiger charge is -2.44. The number of piperidine rings is 1. The molecule has 0 aromatic heterocycles. The number of ether oxygens (including phenoxy) is 2. The Labute approximate surface area is 342 Å². The minimum Gasteiger partial charge on any atom is -0.504 e. The number of rotatable bonds is 3. The van der Waals surface area contributed by atoms with Gasteiger partial charge in [0.2, 0.25) is 0 Å². The standard InChI is InChI=1S/C46H61N5O7/c1-29(53)45-13-9-34-18-33-7-4-8-37(19-32-6-3-5-31(17-32)11-15-48-44(47)50-27-45)49-28-46(24-33)25-39(12-16-51-46)58-43-22-35(36(26-52)21-41(43)56)20-40(34)42(57-30(2)54)23-38(55)10-14-45/h3,5-6,17,21-22,29,33-34,37-40,42,49,51-53,55-56H,8,10-12,14-16,18-20,23-28H2,1-2H3,(H3,47,48,50). The number of guanidine groups is 1. The van der Waals surface area contributed by atoms with Gasteiger partial charge in [-0.05, 0) is 99.2 Å². The zero-order chi connectivity index (χ0) is 40.9. The molecule has 1 aliphatic carbocycles. The van der Waals surface area contributed by atoms with Gasteiger partial charge in [0.05, 0.1) is 30.8 Å². The molecule has 2 aromatic rings. The van der Waals surface area contributed by atoms with Crippen molar-refractivity contribution in [1.29, 1.82) is 0 Å². The second kappa shape index (κ2) is 18.3. The number of carbonyl (C=O) groups excluding carboxylic acids is 1. The van der Waals surface area contributed by atoms with Gasteiger partial charge in [-0.3, -0.25) is 9.79 Å². The van der Waals surface area contributed by atoms with Crippen molar-refractivity contribution in [3.63, 3.8) is 0 Å². The third kappa shape index (κ3) is 10.1. The second-order valence-electron chi connectivity index (χ2n) is 17.5. The van der Waals surface area contributed by atoms with E-state index in [0.717, 1.165) is 24.8 Å². The Morgan fingerprint density at radius 3 is 2.78 bits per heavy atom. The first-order valence-electron chi connectivity index (χ1n) is 21.2. The predicted molar refractivity (Wildman–Crippen MR) is 222 cm³/mol. The molecule has 2 aromatic carbocycles. The lowest BCUT2D eigenvalue weighted by atomic mass is 9.70. The fourth-order valence-electron chi connectivity index (χ4n) is 9.83. The van der Waals surface area contributed by atoms with Crippen molar-refractivity contribution >= 4 is 11.9 Å². The number of hydrogen-bond donors (Lipinski definition) is 8. The molecule has 5 aliphatic rings. The van der Waals surface area contributed by atoms with Gasteiger partial charge in [-0.1, -0.05) is 42.0 Å². The van der Waals surface area contributed by atoms with Gasteiger partial charge in [-0.15, -0.1) is 5.92 Å². The third-order valence-corrected chi connectivity index (χ3v) is 13.1. The maximum Gasteiger partial charge on any atom is 0.302 e. The molecular formula is C46H61N5O7. The predicted octanol–water partition coefficient (Wildman–Crippen LogP) is 2.85. The summed E-state index contributed by atoms with van der Waals surface area (Å²) in [5, 5.41) is 56.2. The highest BCUT2D eigenvalue weighted by molar-refractivity contribution is 5.77. The fraction of sp³-hybridized carbons (Fsp3) is 0.609. The topological polar surface area (TPSA) is 191 Å². The molecule has 1 fully saturated rings. The average molecular weight is 796 g/mol. The molecule has 10 atom stereocenters. The Morgan fingerprint density at radius 2 is 1.97 bits per heavy atom. The number of carbonyl (C=O) groups is 1. The Morgan fingerprint density at radius 1 is 1.12 bits per heavy atom. The van der Waals surface area contributed by atoms with E-state index in [1.165, 1.54) is 18.1 Å². The molecule has 7 rings (SSSR count). The molecule has 1 spiro atoms. The molecule has 9 N–H and O–H groups in total. The van der Waals surface area contributed by atoms with E-state index in [-0.39, 0.29) is 55.8 Å². The number of aliphatic hydroxyl groups is 3. The van der Waals surface area contributed by atoms with Crippen LogP contribution in [0, 0.1) is 46.9 Å². The van der Waals surface area contributed by atoms with Crippen molar-refractivity contribution in [2.75, 3.05) is 26.2 Å². The van der Waals surface area contributed by atoms with Gasteiger partial charge >= 0.3 is 5.97 Å². The van der Waals surface area contributed by atoms with E-state index in [2.05, 4.69) is 63.9 Å². The minimum atomic E-state index is -1.04. The number of phenols is 1. The summed E-state index contributed by atoms with van der Waals surface area (Å²) in [6.07, 6.45) is 3.19. The lowest BCUT2D eigenvalue weighted by Crippen LogP contribution is -2.60. The highest BCUT2D eigenvalue weighted by Gasteiger charge is 2.43. The summed E-state index contributed by atoms with van der Waals surface area (Å²) < 4.78 is 12.8. The van der Waals surface area contributed by atoms with Gasteiger partial charge in [0.15, 0.2) is 17.5 Å². The first-order chi connectivity index (χ1) is 27.9. The summed E-state index contributed by atoms with van der Waals surface area (Å²) in [6, 6.07) is 12.1. The maximum atomic E-state index is 12.9. The van der Waals surface area contributed by atoms with Gasteiger partial charge in [0.1, 0.15) is 12.2 Å². The highest BCUT2D eigenvalue weighted by atomic mass is 16.5. The first-order valence-corrected chi connectivity index (χ1v) is 21.2. The summed E-state index contributed by atoms with van der Waals surface area (Å²) in [5.74, 6) is 13.5. The zero-order valence-corrected chi connectivity index (χ0v) is 33.9. The average Bonchev–Trinajstić information content (AvgIpc) is 3.25. The Bertz CT molecular complexity index is 1950. The molecule has 0 saturated carbocycles. The van der Waals surface area contributed by atoms with Crippen molar-refractivity contribution in [3.8, 4) is 35.2 Å². The third-order valence-electron chi connectivity index (χ3n) is 13.1. The van der Waals surface area contributed by atoms with Crippen LogP contribution in [0.1, 0.15) is 87.5 Å². The summed E-state index contributed by atoms with van der Waals surface area (Å²) in [4.78, 5) is 17.6. The van der Waals surface area contributed by atoms with E-state index in [1.54, 1.807) is 13.0 Å². The van der Waals surface area contributed by atoms with Crippen LogP contribution in [0.15, 0.2) is 41.4 Å². The summed E-state index contributed by atoms with van der Waals surface area (Å²) in [6.45, 7) is 4.85. The number of benzene rings is 2. The molecule has 0 radical (unpaired) electrons. The van der Waals surface area contributed by atoms with Crippen molar-refractivity contribution in [2.45, 2.75) is 127 Å². The van der Waals surface area contributed by atoms with E-state index in [9.17, 15) is 25.2 Å². The van der Waals surface area contributed by atoms with Crippen LogP contribution in [0.2, 0.25) is 0 Å². The van der Waals surface area contributed by atoms with Crippen LogP contribution in [0.5, 0.6) is 11.5 Å².